The number of hydrogen-bond acceptors (Lipinski definition) is 4. The molecule has 5 nitrogen and oxygen atoms in total. The summed E-state index contributed by atoms with van der Waals surface area (Å²) in [4.78, 5) is 15.8. The smallest absolute Gasteiger partial charge is 0.164 e. The van der Waals surface area contributed by atoms with E-state index in [9.17, 15) is 0 Å². The van der Waals surface area contributed by atoms with Crippen LogP contribution in [0.15, 0.2) is 199 Å². The molecule has 0 saturated heterocycles. The zero-order chi connectivity index (χ0) is 38.2. The second-order valence-electron chi connectivity index (χ2n) is 14.8. The van der Waals surface area contributed by atoms with Gasteiger partial charge < -0.3 is 8.98 Å². The van der Waals surface area contributed by atoms with Crippen LogP contribution in [0, 0.1) is 0 Å². The number of para-hydroxylation sites is 2. The van der Waals surface area contributed by atoms with Crippen LogP contribution in [0.1, 0.15) is 0 Å². The quantitative estimate of drug-likeness (QED) is 0.176. The molecule has 0 unspecified atom stereocenters. The van der Waals surface area contributed by atoms with Gasteiger partial charge in [-0.25, -0.2) is 15.0 Å². The highest BCUT2D eigenvalue weighted by molar-refractivity contribution is 6.17. The van der Waals surface area contributed by atoms with Gasteiger partial charge in [-0.2, -0.15) is 0 Å². The minimum atomic E-state index is 0.563. The lowest BCUT2D eigenvalue weighted by Crippen LogP contribution is -2.02. The number of furan rings is 1. The maximum Gasteiger partial charge on any atom is 0.164 e. The molecular formula is C53H32N4O. The lowest BCUT2D eigenvalue weighted by molar-refractivity contribution is 0.669. The van der Waals surface area contributed by atoms with Crippen molar-refractivity contribution in [1.82, 2.24) is 19.5 Å². The molecule has 12 rings (SSSR count). The molecule has 0 atom stereocenters. The van der Waals surface area contributed by atoms with Gasteiger partial charge in [-0.1, -0.05) is 152 Å². The number of rotatable bonds is 5. The van der Waals surface area contributed by atoms with E-state index in [4.69, 9.17) is 19.4 Å². The summed E-state index contributed by atoms with van der Waals surface area (Å²) in [5.41, 5.74) is 9.73. The van der Waals surface area contributed by atoms with Crippen LogP contribution in [0.2, 0.25) is 0 Å². The Morgan fingerprint density at radius 3 is 1.83 bits per heavy atom. The van der Waals surface area contributed by atoms with Gasteiger partial charge in [0.25, 0.3) is 0 Å². The van der Waals surface area contributed by atoms with E-state index in [2.05, 4.69) is 180 Å². The first-order valence-electron chi connectivity index (χ1n) is 19.5. The van der Waals surface area contributed by atoms with Crippen molar-refractivity contribution in [1.29, 1.82) is 0 Å². The minimum absolute atomic E-state index is 0.563. The Morgan fingerprint density at radius 2 is 0.966 bits per heavy atom. The first kappa shape index (κ1) is 32.4. The Morgan fingerprint density at radius 1 is 0.345 bits per heavy atom. The lowest BCUT2D eigenvalue weighted by Gasteiger charge is -2.14. The molecule has 0 saturated carbocycles. The van der Waals surface area contributed by atoms with Gasteiger partial charge in [-0.05, 0) is 75.1 Å². The average Bonchev–Trinajstić information content (AvgIpc) is 3.83. The molecule has 0 N–H and O–H groups in total. The van der Waals surface area contributed by atoms with Crippen LogP contribution in [-0.2, 0) is 0 Å². The Hall–Kier alpha value is -7.89. The standard InChI is InChI=1S/C53H32N4O/c1-2-14-33(15-3-1)35-20-12-21-38(28-35)51-54-52(56-53(55-51)42-25-13-19-34-16-6-7-22-40(34)42)39-31-47(50-43-24-9-11-27-48(43)58-49(50)32-39)57-45-26-10-8-23-41(45)44-29-36-17-4-5-18-37(36)30-46(44)57/h1-32H. The number of benzene rings is 9. The Labute approximate surface area is 333 Å². The van der Waals surface area contributed by atoms with Gasteiger partial charge >= 0.3 is 0 Å². The highest BCUT2D eigenvalue weighted by Gasteiger charge is 2.22. The van der Waals surface area contributed by atoms with E-state index >= 15 is 0 Å². The number of nitrogens with zero attached hydrogens (tertiary/aromatic N) is 4. The van der Waals surface area contributed by atoms with Crippen molar-refractivity contribution in [2.45, 2.75) is 0 Å². The first-order chi connectivity index (χ1) is 28.7. The molecule has 0 spiro atoms. The Bertz CT molecular complexity index is 3580. The predicted molar refractivity (Wildman–Crippen MR) is 238 cm³/mol. The first-order valence-corrected chi connectivity index (χ1v) is 19.5. The van der Waals surface area contributed by atoms with Crippen molar-refractivity contribution in [3.63, 3.8) is 0 Å². The van der Waals surface area contributed by atoms with Gasteiger partial charge in [0.1, 0.15) is 11.2 Å². The molecule has 9 aromatic carbocycles. The monoisotopic (exact) mass is 740 g/mol. The van der Waals surface area contributed by atoms with E-state index in [1.165, 1.54) is 21.5 Å². The normalized spacial score (nSPS) is 11.8. The summed E-state index contributed by atoms with van der Waals surface area (Å²) in [6.07, 6.45) is 0. The molecule has 0 amide bonds. The fraction of sp³-hybridized carbons (Fsp3) is 0. The molecule has 270 valence electrons. The predicted octanol–water partition coefficient (Wildman–Crippen LogP) is 13.8. The fourth-order valence-corrected chi connectivity index (χ4v) is 8.70. The van der Waals surface area contributed by atoms with Crippen LogP contribution in [0.5, 0.6) is 0 Å². The molecule has 0 aliphatic rings. The third-order valence-electron chi connectivity index (χ3n) is 11.4. The summed E-state index contributed by atoms with van der Waals surface area (Å²) in [6.45, 7) is 0. The van der Waals surface area contributed by atoms with Crippen LogP contribution in [0.3, 0.4) is 0 Å². The summed E-state index contributed by atoms with van der Waals surface area (Å²) in [5, 5.41) is 9.07. The van der Waals surface area contributed by atoms with Crippen LogP contribution < -0.4 is 0 Å². The topological polar surface area (TPSA) is 56.7 Å². The highest BCUT2D eigenvalue weighted by Crippen LogP contribution is 2.42. The minimum Gasteiger partial charge on any atom is -0.456 e. The third kappa shape index (κ3) is 5.14. The van der Waals surface area contributed by atoms with Gasteiger partial charge in [-0.15, -0.1) is 0 Å². The van der Waals surface area contributed by atoms with Gasteiger partial charge in [-0.3, -0.25) is 0 Å². The van der Waals surface area contributed by atoms with Gasteiger partial charge in [0.05, 0.1) is 22.1 Å². The van der Waals surface area contributed by atoms with Crippen molar-refractivity contribution < 1.29 is 4.42 Å². The van der Waals surface area contributed by atoms with Gasteiger partial charge in [0, 0.05) is 32.8 Å². The zero-order valence-corrected chi connectivity index (χ0v) is 31.2. The van der Waals surface area contributed by atoms with Crippen molar-refractivity contribution in [3.8, 4) is 51.0 Å². The maximum atomic E-state index is 6.72. The lowest BCUT2D eigenvalue weighted by atomic mass is 10.0. The van der Waals surface area contributed by atoms with Crippen LogP contribution in [0.25, 0.3) is 116 Å². The van der Waals surface area contributed by atoms with E-state index < -0.39 is 0 Å². The molecule has 0 bridgehead atoms. The van der Waals surface area contributed by atoms with Crippen molar-refractivity contribution in [2.24, 2.45) is 0 Å². The average molecular weight is 741 g/mol. The highest BCUT2D eigenvalue weighted by atomic mass is 16.3. The maximum absolute atomic E-state index is 6.72. The Kier molecular flexibility index (Phi) is 7.16. The molecule has 3 aromatic heterocycles. The van der Waals surface area contributed by atoms with Crippen LogP contribution >= 0.6 is 0 Å². The van der Waals surface area contributed by atoms with E-state index in [0.29, 0.717) is 17.5 Å². The number of aromatic nitrogens is 4. The third-order valence-corrected chi connectivity index (χ3v) is 11.4. The number of hydrogen-bond donors (Lipinski definition) is 0. The summed E-state index contributed by atoms with van der Waals surface area (Å²) >= 11 is 0. The number of fused-ring (bicyclic) bond motifs is 8. The van der Waals surface area contributed by atoms with Crippen molar-refractivity contribution in [2.75, 3.05) is 0 Å². The van der Waals surface area contributed by atoms with Crippen LogP contribution in [-0.4, -0.2) is 19.5 Å². The summed E-state index contributed by atoms with van der Waals surface area (Å²) in [5.74, 6) is 1.77. The second-order valence-corrected chi connectivity index (χ2v) is 14.8. The molecule has 0 radical (unpaired) electrons. The van der Waals surface area contributed by atoms with Crippen molar-refractivity contribution in [3.05, 3.63) is 194 Å². The van der Waals surface area contributed by atoms with Gasteiger partial charge in [0.2, 0.25) is 0 Å². The second kappa shape index (κ2) is 12.8. The molecular weight excluding hydrogens is 709 g/mol. The van der Waals surface area contributed by atoms with E-state index in [1.807, 2.05) is 18.2 Å². The molecule has 0 aliphatic heterocycles. The summed E-state index contributed by atoms with van der Waals surface area (Å²) in [7, 11) is 0. The molecule has 5 heteroatoms. The summed E-state index contributed by atoms with van der Waals surface area (Å²) in [6, 6.07) is 68.0. The van der Waals surface area contributed by atoms with Crippen LogP contribution in [0.4, 0.5) is 0 Å². The SMILES string of the molecule is c1ccc(-c2cccc(-c3nc(-c4cc(-n5c6ccccc6c6cc7ccccc7cc65)c5c(c4)oc4ccccc45)nc(-c4cccc5ccccc45)n3)c2)cc1. The van der Waals surface area contributed by atoms with Gasteiger partial charge in [0.15, 0.2) is 17.5 Å². The Balaban J connectivity index is 1.16. The molecule has 0 fully saturated rings. The zero-order valence-electron chi connectivity index (χ0n) is 31.2. The van der Waals surface area contributed by atoms with Crippen molar-refractivity contribution >= 4 is 65.3 Å². The molecule has 58 heavy (non-hydrogen) atoms. The molecule has 3 heterocycles. The van der Waals surface area contributed by atoms with E-state index in [1.54, 1.807) is 0 Å². The molecule has 0 aliphatic carbocycles. The fourth-order valence-electron chi connectivity index (χ4n) is 8.70. The largest absolute Gasteiger partial charge is 0.456 e. The van der Waals surface area contributed by atoms with E-state index in [-0.39, 0.29) is 0 Å². The summed E-state index contributed by atoms with van der Waals surface area (Å²) < 4.78 is 9.11. The molecule has 12 aromatic rings. The van der Waals surface area contributed by atoms with E-state index in [0.717, 1.165) is 77.2 Å².